The minimum absolute atomic E-state index is 0.391. The van der Waals surface area contributed by atoms with E-state index in [1.54, 1.807) is 21.3 Å². The number of nitrogens with two attached hydrogens (primary N) is 1. The first kappa shape index (κ1) is 15.8. The first-order valence-corrected chi connectivity index (χ1v) is 7.47. The predicted molar refractivity (Wildman–Crippen MR) is 84.5 cm³/mol. The Kier molecular flexibility index (Phi) is 5.56. The van der Waals surface area contributed by atoms with Crippen molar-refractivity contribution < 1.29 is 14.2 Å². The summed E-state index contributed by atoms with van der Waals surface area (Å²) in [7, 11) is 4.87. The van der Waals surface area contributed by atoms with Gasteiger partial charge in [0.05, 0.1) is 21.3 Å². The first-order chi connectivity index (χ1) is 10.2. The molecule has 1 aromatic carbocycles. The van der Waals surface area contributed by atoms with Crippen LogP contribution in [-0.4, -0.2) is 33.9 Å². The number of rotatable bonds is 6. The molecule has 1 aliphatic rings. The van der Waals surface area contributed by atoms with E-state index >= 15 is 0 Å². The number of methoxy groups -OCH3 is 3. The second-order valence-corrected chi connectivity index (χ2v) is 5.58. The van der Waals surface area contributed by atoms with Crippen LogP contribution in [-0.2, 0) is 0 Å². The summed E-state index contributed by atoms with van der Waals surface area (Å²) in [6.45, 7) is 0.950. The van der Waals surface area contributed by atoms with Crippen molar-refractivity contribution in [2.45, 2.75) is 31.7 Å². The van der Waals surface area contributed by atoms with Crippen molar-refractivity contribution in [2.75, 3.05) is 33.2 Å². The first-order valence-electron chi connectivity index (χ1n) is 7.47. The van der Waals surface area contributed by atoms with Gasteiger partial charge in [0.25, 0.3) is 0 Å². The summed E-state index contributed by atoms with van der Waals surface area (Å²) in [5, 5.41) is 3.47. The zero-order chi connectivity index (χ0) is 15.2. The van der Waals surface area contributed by atoms with Crippen LogP contribution in [0.1, 0.15) is 25.7 Å². The average Bonchev–Trinajstić information content (AvgIpc) is 2.53. The Hall–Kier alpha value is -1.62. The molecule has 3 N–H and O–H groups in total. The van der Waals surface area contributed by atoms with Crippen LogP contribution in [0.25, 0.3) is 0 Å². The van der Waals surface area contributed by atoms with E-state index in [4.69, 9.17) is 19.9 Å². The van der Waals surface area contributed by atoms with Gasteiger partial charge in [-0.3, -0.25) is 0 Å². The van der Waals surface area contributed by atoms with E-state index in [9.17, 15) is 0 Å². The SMILES string of the molecule is COc1cc(NCC2CCC(N)CC2)cc(OC)c1OC. The molecule has 0 aliphatic heterocycles. The quantitative estimate of drug-likeness (QED) is 0.844. The zero-order valence-corrected chi connectivity index (χ0v) is 13.1. The third kappa shape index (κ3) is 3.94. The van der Waals surface area contributed by atoms with Gasteiger partial charge in [0, 0.05) is 30.4 Å². The van der Waals surface area contributed by atoms with Crippen LogP contribution in [0, 0.1) is 5.92 Å². The molecule has 0 radical (unpaired) electrons. The fourth-order valence-electron chi connectivity index (χ4n) is 2.84. The topological polar surface area (TPSA) is 65.7 Å². The summed E-state index contributed by atoms with van der Waals surface area (Å²) in [5.74, 6) is 2.65. The van der Waals surface area contributed by atoms with Gasteiger partial charge in [0.15, 0.2) is 11.5 Å². The summed E-state index contributed by atoms with van der Waals surface area (Å²) < 4.78 is 16.1. The molecule has 21 heavy (non-hydrogen) atoms. The number of hydrogen-bond donors (Lipinski definition) is 2. The number of ether oxygens (including phenoxy) is 3. The maximum absolute atomic E-state index is 5.94. The molecule has 1 aromatic rings. The predicted octanol–water partition coefficient (Wildman–Crippen LogP) is 2.64. The van der Waals surface area contributed by atoms with Gasteiger partial charge in [-0.25, -0.2) is 0 Å². The van der Waals surface area contributed by atoms with Gasteiger partial charge in [-0.05, 0) is 31.6 Å². The molecule has 5 heteroatoms. The number of hydrogen-bond acceptors (Lipinski definition) is 5. The Bertz CT molecular complexity index is 432. The molecule has 1 aliphatic carbocycles. The zero-order valence-electron chi connectivity index (χ0n) is 13.1. The molecule has 0 unspecified atom stereocenters. The average molecular weight is 294 g/mol. The minimum atomic E-state index is 0.391. The van der Waals surface area contributed by atoms with Crippen molar-refractivity contribution >= 4 is 5.69 Å². The highest BCUT2D eigenvalue weighted by atomic mass is 16.5. The molecular formula is C16H26N2O3. The van der Waals surface area contributed by atoms with Crippen LogP contribution in [0.2, 0.25) is 0 Å². The van der Waals surface area contributed by atoms with Crippen molar-refractivity contribution in [3.8, 4) is 17.2 Å². The van der Waals surface area contributed by atoms with Gasteiger partial charge in [-0.2, -0.15) is 0 Å². The van der Waals surface area contributed by atoms with Crippen molar-refractivity contribution in [1.82, 2.24) is 0 Å². The normalized spacial score (nSPS) is 21.7. The van der Waals surface area contributed by atoms with E-state index in [0.29, 0.717) is 29.2 Å². The molecule has 0 aromatic heterocycles. The summed E-state index contributed by atoms with van der Waals surface area (Å²) in [4.78, 5) is 0. The summed E-state index contributed by atoms with van der Waals surface area (Å²) in [6.07, 6.45) is 4.64. The minimum Gasteiger partial charge on any atom is -0.493 e. The van der Waals surface area contributed by atoms with Gasteiger partial charge in [-0.1, -0.05) is 0 Å². The molecule has 0 atom stereocenters. The summed E-state index contributed by atoms with van der Waals surface area (Å²) in [5.41, 5.74) is 6.93. The van der Waals surface area contributed by atoms with Crippen molar-refractivity contribution in [3.63, 3.8) is 0 Å². The molecule has 1 saturated carbocycles. The van der Waals surface area contributed by atoms with Crippen LogP contribution >= 0.6 is 0 Å². The largest absolute Gasteiger partial charge is 0.493 e. The summed E-state index contributed by atoms with van der Waals surface area (Å²) in [6, 6.07) is 4.27. The van der Waals surface area contributed by atoms with Gasteiger partial charge in [-0.15, -0.1) is 0 Å². The van der Waals surface area contributed by atoms with Crippen LogP contribution in [0.15, 0.2) is 12.1 Å². The van der Waals surface area contributed by atoms with Crippen molar-refractivity contribution in [2.24, 2.45) is 11.7 Å². The Morgan fingerprint density at radius 2 is 1.57 bits per heavy atom. The van der Waals surface area contributed by atoms with Gasteiger partial charge >= 0.3 is 0 Å². The lowest BCUT2D eigenvalue weighted by Gasteiger charge is -2.26. The molecule has 0 bridgehead atoms. The highest BCUT2D eigenvalue weighted by Crippen LogP contribution is 2.40. The molecule has 118 valence electrons. The molecular weight excluding hydrogens is 268 g/mol. The molecule has 2 rings (SSSR count). The van der Waals surface area contributed by atoms with Crippen molar-refractivity contribution in [1.29, 1.82) is 0 Å². The van der Waals surface area contributed by atoms with Gasteiger partial charge < -0.3 is 25.3 Å². The lowest BCUT2D eigenvalue weighted by molar-refractivity contribution is 0.324. The maximum Gasteiger partial charge on any atom is 0.203 e. The molecule has 0 amide bonds. The fourth-order valence-corrected chi connectivity index (χ4v) is 2.84. The smallest absolute Gasteiger partial charge is 0.203 e. The molecule has 5 nitrogen and oxygen atoms in total. The highest BCUT2D eigenvalue weighted by Gasteiger charge is 2.19. The Balaban J connectivity index is 2.02. The van der Waals surface area contributed by atoms with Crippen molar-refractivity contribution in [3.05, 3.63) is 12.1 Å². The van der Waals surface area contributed by atoms with Crippen LogP contribution in [0.5, 0.6) is 17.2 Å². The Morgan fingerprint density at radius 3 is 2.05 bits per heavy atom. The molecule has 0 spiro atoms. The fraction of sp³-hybridized carbons (Fsp3) is 0.625. The highest BCUT2D eigenvalue weighted by molar-refractivity contribution is 5.62. The molecule has 1 fully saturated rings. The maximum atomic E-state index is 5.94. The summed E-state index contributed by atoms with van der Waals surface area (Å²) >= 11 is 0. The second kappa shape index (κ2) is 7.41. The van der Waals surface area contributed by atoms with E-state index < -0.39 is 0 Å². The lowest BCUT2D eigenvalue weighted by atomic mass is 9.86. The lowest BCUT2D eigenvalue weighted by Crippen LogP contribution is -2.29. The Morgan fingerprint density at radius 1 is 1.00 bits per heavy atom. The van der Waals surface area contributed by atoms with Gasteiger partial charge in [0.1, 0.15) is 0 Å². The van der Waals surface area contributed by atoms with Crippen LogP contribution in [0.3, 0.4) is 0 Å². The second-order valence-electron chi connectivity index (χ2n) is 5.58. The van der Waals surface area contributed by atoms with E-state index in [2.05, 4.69) is 5.32 Å². The number of benzene rings is 1. The number of nitrogens with one attached hydrogen (secondary N) is 1. The third-order valence-corrected chi connectivity index (χ3v) is 4.15. The van der Waals surface area contributed by atoms with Crippen LogP contribution in [0.4, 0.5) is 5.69 Å². The van der Waals surface area contributed by atoms with E-state index in [1.807, 2.05) is 12.1 Å². The number of anilines is 1. The third-order valence-electron chi connectivity index (χ3n) is 4.15. The van der Waals surface area contributed by atoms with Gasteiger partial charge in [0.2, 0.25) is 5.75 Å². The van der Waals surface area contributed by atoms with E-state index in [1.165, 1.54) is 12.8 Å². The van der Waals surface area contributed by atoms with E-state index in [0.717, 1.165) is 25.1 Å². The Labute approximate surface area is 126 Å². The monoisotopic (exact) mass is 294 g/mol. The standard InChI is InChI=1S/C16H26N2O3/c1-19-14-8-13(9-15(20-2)16(14)21-3)18-10-11-4-6-12(17)7-5-11/h8-9,11-12,18H,4-7,10,17H2,1-3H3. The molecule has 0 saturated heterocycles. The van der Waals surface area contributed by atoms with E-state index in [-0.39, 0.29) is 0 Å². The van der Waals surface area contributed by atoms with Crippen LogP contribution < -0.4 is 25.3 Å². The molecule has 0 heterocycles.